The number of carbonyl (C=O) groups is 1. The topological polar surface area (TPSA) is 146 Å². The molecule has 0 aliphatic heterocycles. The van der Waals surface area contributed by atoms with Gasteiger partial charge in [0.1, 0.15) is 17.5 Å². The Hall–Kier alpha value is -3.56. The molecule has 0 aromatic carbocycles. The number of anilines is 1. The van der Waals surface area contributed by atoms with Crippen molar-refractivity contribution in [2.45, 2.75) is 31.7 Å². The largest absolute Gasteiger partial charge is 0.481 e. The van der Waals surface area contributed by atoms with Gasteiger partial charge in [0.25, 0.3) is 5.56 Å². The number of hydrogen-bond acceptors (Lipinski definition) is 8. The van der Waals surface area contributed by atoms with Crippen LogP contribution in [-0.2, 0) is 4.79 Å². The van der Waals surface area contributed by atoms with Crippen molar-refractivity contribution in [1.29, 1.82) is 0 Å². The van der Waals surface area contributed by atoms with Gasteiger partial charge < -0.3 is 15.6 Å². The maximum Gasteiger partial charge on any atom is 0.306 e. The molecule has 1 aliphatic carbocycles. The molecule has 0 saturated heterocycles. The second-order valence-corrected chi connectivity index (χ2v) is 7.00. The lowest BCUT2D eigenvalue weighted by molar-refractivity contribution is -0.143. The number of hydrogen-bond donors (Lipinski definition) is 2. The van der Waals surface area contributed by atoms with Crippen LogP contribution in [0, 0.1) is 5.92 Å². The molecule has 3 aromatic rings. The molecule has 0 atom stereocenters. The molecule has 3 aromatic heterocycles. The van der Waals surface area contributed by atoms with Gasteiger partial charge >= 0.3 is 5.97 Å². The van der Waals surface area contributed by atoms with E-state index in [9.17, 15) is 14.7 Å². The molecular weight excluding hydrogens is 376 g/mol. The summed E-state index contributed by atoms with van der Waals surface area (Å²) in [6.45, 7) is 0. The van der Waals surface area contributed by atoms with Crippen molar-refractivity contribution in [2.24, 2.45) is 5.92 Å². The number of carboxylic acid groups (broad SMARTS) is 1. The highest BCUT2D eigenvalue weighted by molar-refractivity contribution is 5.83. The minimum absolute atomic E-state index is 0.172. The second kappa shape index (κ2) is 7.46. The summed E-state index contributed by atoms with van der Waals surface area (Å²) < 4.78 is 6.65. The van der Waals surface area contributed by atoms with Crippen LogP contribution in [0.25, 0.3) is 22.4 Å². The predicted octanol–water partition coefficient (Wildman–Crippen LogP) is 1.66. The molecule has 3 heterocycles. The van der Waals surface area contributed by atoms with Crippen LogP contribution in [0.15, 0.2) is 29.5 Å². The fourth-order valence-electron chi connectivity index (χ4n) is 3.78. The SMILES string of the molecule is COc1ccc(-c2nc3c(N)ncnc3n(C3CCC(C(=O)O)CC3)c2=O)cn1. The summed E-state index contributed by atoms with van der Waals surface area (Å²) in [7, 11) is 1.51. The number of nitrogen functional groups attached to an aromatic ring is 1. The van der Waals surface area contributed by atoms with E-state index in [1.165, 1.54) is 19.6 Å². The average Bonchev–Trinajstić information content (AvgIpc) is 2.74. The van der Waals surface area contributed by atoms with Crippen molar-refractivity contribution in [3.05, 3.63) is 35.0 Å². The number of carboxylic acids is 1. The third-order valence-electron chi connectivity index (χ3n) is 5.33. The number of aliphatic carboxylic acids is 1. The van der Waals surface area contributed by atoms with E-state index in [4.69, 9.17) is 10.5 Å². The van der Waals surface area contributed by atoms with Gasteiger partial charge in [0.05, 0.1) is 13.0 Å². The van der Waals surface area contributed by atoms with Gasteiger partial charge in [-0.05, 0) is 31.7 Å². The van der Waals surface area contributed by atoms with E-state index >= 15 is 0 Å². The highest BCUT2D eigenvalue weighted by Crippen LogP contribution is 2.33. The normalized spacial score (nSPS) is 19.2. The van der Waals surface area contributed by atoms with E-state index in [2.05, 4.69) is 19.9 Å². The molecule has 0 amide bonds. The molecule has 4 rings (SSSR count). The third kappa shape index (κ3) is 3.37. The van der Waals surface area contributed by atoms with Crippen LogP contribution < -0.4 is 16.0 Å². The van der Waals surface area contributed by atoms with E-state index in [-0.39, 0.29) is 29.0 Å². The van der Waals surface area contributed by atoms with Crippen LogP contribution in [0.3, 0.4) is 0 Å². The van der Waals surface area contributed by atoms with Crippen LogP contribution in [0.5, 0.6) is 5.88 Å². The Morgan fingerprint density at radius 3 is 2.59 bits per heavy atom. The Labute approximate surface area is 165 Å². The summed E-state index contributed by atoms with van der Waals surface area (Å²) in [5, 5.41) is 9.26. The van der Waals surface area contributed by atoms with Gasteiger partial charge in [-0.15, -0.1) is 0 Å². The van der Waals surface area contributed by atoms with Gasteiger partial charge in [0.2, 0.25) is 5.88 Å². The summed E-state index contributed by atoms with van der Waals surface area (Å²) in [6.07, 6.45) is 4.92. The Bertz CT molecular complexity index is 1120. The molecule has 0 unspecified atom stereocenters. The summed E-state index contributed by atoms with van der Waals surface area (Å²) in [6, 6.07) is 3.16. The predicted molar refractivity (Wildman–Crippen MR) is 104 cm³/mol. The van der Waals surface area contributed by atoms with Gasteiger partial charge in [-0.1, -0.05) is 0 Å². The Morgan fingerprint density at radius 1 is 1.21 bits per heavy atom. The number of nitrogens with zero attached hydrogens (tertiary/aromatic N) is 5. The van der Waals surface area contributed by atoms with Gasteiger partial charge in [-0.3, -0.25) is 14.2 Å². The minimum atomic E-state index is -0.799. The van der Waals surface area contributed by atoms with Gasteiger partial charge in [-0.25, -0.2) is 19.9 Å². The van der Waals surface area contributed by atoms with Gasteiger partial charge in [0.15, 0.2) is 11.5 Å². The van der Waals surface area contributed by atoms with Crippen LogP contribution in [-0.4, -0.2) is 42.7 Å². The number of aromatic nitrogens is 5. The molecule has 1 fully saturated rings. The molecule has 0 bridgehead atoms. The fourth-order valence-corrected chi connectivity index (χ4v) is 3.78. The smallest absolute Gasteiger partial charge is 0.306 e. The lowest BCUT2D eigenvalue weighted by Crippen LogP contribution is -2.32. The summed E-state index contributed by atoms with van der Waals surface area (Å²) >= 11 is 0. The molecule has 29 heavy (non-hydrogen) atoms. The molecule has 1 aliphatic rings. The molecule has 3 N–H and O–H groups in total. The van der Waals surface area contributed by atoms with Crippen molar-refractivity contribution in [1.82, 2.24) is 24.5 Å². The van der Waals surface area contributed by atoms with Crippen LogP contribution in [0.2, 0.25) is 0 Å². The number of ether oxygens (including phenoxy) is 1. The van der Waals surface area contributed by atoms with Crippen molar-refractivity contribution in [3.63, 3.8) is 0 Å². The van der Waals surface area contributed by atoms with Crippen molar-refractivity contribution in [3.8, 4) is 17.1 Å². The lowest BCUT2D eigenvalue weighted by atomic mass is 9.86. The molecular formula is C19H20N6O4. The van der Waals surface area contributed by atoms with Crippen molar-refractivity contribution >= 4 is 23.0 Å². The van der Waals surface area contributed by atoms with E-state index in [1.807, 2.05) is 0 Å². The molecule has 10 heteroatoms. The van der Waals surface area contributed by atoms with Crippen LogP contribution in [0.1, 0.15) is 31.7 Å². The maximum atomic E-state index is 13.4. The first-order valence-corrected chi connectivity index (χ1v) is 9.25. The Morgan fingerprint density at radius 2 is 1.97 bits per heavy atom. The lowest BCUT2D eigenvalue weighted by Gasteiger charge is -2.28. The standard InChI is InChI=1S/C19H20N6O4/c1-29-13-7-4-11(8-21-13)14-18(26)25(12-5-2-10(3-6-12)19(27)28)17-15(24-14)16(20)22-9-23-17/h4,7-10,12H,2-3,5-6H2,1H3,(H,27,28)(H2,20,22,23). The minimum Gasteiger partial charge on any atom is -0.481 e. The number of fused-ring (bicyclic) bond motifs is 1. The summed E-state index contributed by atoms with van der Waals surface area (Å²) in [4.78, 5) is 41.5. The van der Waals surface area contributed by atoms with E-state index < -0.39 is 5.97 Å². The van der Waals surface area contributed by atoms with E-state index in [1.54, 1.807) is 16.7 Å². The second-order valence-electron chi connectivity index (χ2n) is 7.00. The maximum absolute atomic E-state index is 13.4. The third-order valence-corrected chi connectivity index (χ3v) is 5.33. The molecule has 10 nitrogen and oxygen atoms in total. The molecule has 1 saturated carbocycles. The van der Waals surface area contributed by atoms with Crippen LogP contribution >= 0.6 is 0 Å². The number of nitrogens with two attached hydrogens (primary N) is 1. The average molecular weight is 396 g/mol. The fraction of sp³-hybridized carbons (Fsp3) is 0.368. The molecule has 150 valence electrons. The molecule has 0 radical (unpaired) electrons. The van der Waals surface area contributed by atoms with Crippen molar-refractivity contribution in [2.75, 3.05) is 12.8 Å². The zero-order chi connectivity index (χ0) is 20.5. The van der Waals surface area contributed by atoms with Crippen molar-refractivity contribution < 1.29 is 14.6 Å². The Balaban J connectivity index is 1.86. The quantitative estimate of drug-likeness (QED) is 0.672. The monoisotopic (exact) mass is 396 g/mol. The zero-order valence-corrected chi connectivity index (χ0v) is 15.8. The van der Waals surface area contributed by atoms with Gasteiger partial charge in [-0.2, -0.15) is 0 Å². The summed E-state index contributed by atoms with van der Waals surface area (Å²) in [5.41, 5.74) is 7.10. The first-order valence-electron chi connectivity index (χ1n) is 9.25. The van der Waals surface area contributed by atoms with E-state index in [0.29, 0.717) is 48.3 Å². The van der Waals surface area contributed by atoms with E-state index in [0.717, 1.165) is 0 Å². The summed E-state index contributed by atoms with van der Waals surface area (Å²) in [5.74, 6) is -0.595. The number of rotatable bonds is 4. The van der Waals surface area contributed by atoms with Gasteiger partial charge in [0, 0.05) is 23.9 Å². The first kappa shape index (κ1) is 18.8. The first-order chi connectivity index (χ1) is 14.0. The van der Waals surface area contributed by atoms with Crippen LogP contribution in [0.4, 0.5) is 5.82 Å². The number of pyridine rings is 1. The molecule has 0 spiro atoms. The highest BCUT2D eigenvalue weighted by atomic mass is 16.5. The zero-order valence-electron chi connectivity index (χ0n) is 15.8. The number of methoxy groups -OCH3 is 1. The highest BCUT2D eigenvalue weighted by Gasteiger charge is 2.29. The Kier molecular flexibility index (Phi) is 4.83.